The number of hydrogen-bond acceptors (Lipinski definition) is 4. The topological polar surface area (TPSA) is 88.9 Å². The van der Waals surface area contributed by atoms with E-state index >= 15 is 0 Å². The summed E-state index contributed by atoms with van der Waals surface area (Å²) in [6.07, 6.45) is 0. The Labute approximate surface area is 163 Å². The summed E-state index contributed by atoms with van der Waals surface area (Å²) >= 11 is 0. The first-order valence-electron chi connectivity index (χ1n) is 9.00. The Bertz CT molecular complexity index is 1040. The lowest BCUT2D eigenvalue weighted by Crippen LogP contribution is -2.21. The van der Waals surface area contributed by atoms with Gasteiger partial charge in [0.25, 0.3) is 5.91 Å². The molecule has 0 fully saturated rings. The Kier molecular flexibility index (Phi) is 5.54. The van der Waals surface area contributed by atoms with Crippen LogP contribution < -0.4 is 10.6 Å². The van der Waals surface area contributed by atoms with Gasteiger partial charge < -0.3 is 10.6 Å². The molecule has 28 heavy (non-hydrogen) atoms. The average Bonchev–Trinajstić information content (AvgIpc) is 3.01. The SMILES string of the molecule is Cc1ccccc1NC(=O)Cn1nnc(C(=O)Nc2cccc(C)c2C)c1C. The molecule has 3 rings (SSSR count). The van der Waals surface area contributed by atoms with Crippen LogP contribution in [-0.4, -0.2) is 26.8 Å². The lowest BCUT2D eigenvalue weighted by Gasteiger charge is -2.10. The number of aryl methyl sites for hydroxylation is 2. The van der Waals surface area contributed by atoms with Crippen molar-refractivity contribution in [2.75, 3.05) is 10.6 Å². The summed E-state index contributed by atoms with van der Waals surface area (Å²) in [5.41, 5.74) is 5.27. The molecule has 0 aliphatic heterocycles. The molecule has 2 aromatic carbocycles. The number of aromatic nitrogens is 3. The van der Waals surface area contributed by atoms with Crippen LogP contribution in [0.5, 0.6) is 0 Å². The Morgan fingerprint density at radius 1 is 0.893 bits per heavy atom. The molecule has 0 saturated heterocycles. The number of carbonyl (C=O) groups excluding carboxylic acids is 2. The number of carbonyl (C=O) groups is 2. The molecule has 0 bridgehead atoms. The second kappa shape index (κ2) is 8.04. The molecule has 0 aliphatic carbocycles. The smallest absolute Gasteiger partial charge is 0.278 e. The van der Waals surface area contributed by atoms with Crippen LogP contribution in [0.15, 0.2) is 42.5 Å². The van der Waals surface area contributed by atoms with E-state index in [0.717, 1.165) is 28.1 Å². The van der Waals surface area contributed by atoms with Crippen LogP contribution >= 0.6 is 0 Å². The van der Waals surface area contributed by atoms with Gasteiger partial charge in [0.05, 0.1) is 5.69 Å². The molecule has 7 heteroatoms. The third-order valence-electron chi connectivity index (χ3n) is 4.76. The standard InChI is InChI=1S/C21H23N5O2/c1-13-9-7-11-18(15(13)3)23-21(28)20-16(4)26(25-24-20)12-19(27)22-17-10-6-5-8-14(17)2/h5-11H,12H2,1-4H3,(H,22,27)(H,23,28). The molecule has 1 aromatic heterocycles. The molecule has 0 unspecified atom stereocenters. The molecule has 7 nitrogen and oxygen atoms in total. The van der Waals surface area contributed by atoms with Crippen molar-refractivity contribution in [1.82, 2.24) is 15.0 Å². The van der Waals surface area contributed by atoms with Crippen molar-refractivity contribution in [1.29, 1.82) is 0 Å². The highest BCUT2D eigenvalue weighted by Gasteiger charge is 2.19. The van der Waals surface area contributed by atoms with E-state index in [1.54, 1.807) is 6.92 Å². The van der Waals surface area contributed by atoms with Gasteiger partial charge in [-0.25, -0.2) is 4.68 Å². The zero-order valence-electron chi connectivity index (χ0n) is 16.4. The normalized spacial score (nSPS) is 10.6. The summed E-state index contributed by atoms with van der Waals surface area (Å²) in [4.78, 5) is 24.9. The molecule has 0 atom stereocenters. The number of amides is 2. The number of benzene rings is 2. The van der Waals surface area contributed by atoms with Crippen molar-refractivity contribution in [2.24, 2.45) is 0 Å². The molecule has 3 aromatic rings. The molecule has 0 saturated carbocycles. The van der Waals surface area contributed by atoms with Crippen LogP contribution in [0.2, 0.25) is 0 Å². The second-order valence-electron chi connectivity index (χ2n) is 6.75. The maximum atomic E-state index is 12.6. The molecular formula is C21H23N5O2. The molecule has 2 amide bonds. The van der Waals surface area contributed by atoms with Gasteiger partial charge in [-0.2, -0.15) is 0 Å². The van der Waals surface area contributed by atoms with E-state index in [2.05, 4.69) is 20.9 Å². The fourth-order valence-corrected chi connectivity index (χ4v) is 2.83. The average molecular weight is 377 g/mol. The van der Waals surface area contributed by atoms with Gasteiger partial charge in [0.1, 0.15) is 6.54 Å². The number of rotatable bonds is 5. The van der Waals surface area contributed by atoms with Crippen molar-refractivity contribution in [3.05, 3.63) is 70.5 Å². The van der Waals surface area contributed by atoms with Gasteiger partial charge >= 0.3 is 0 Å². The van der Waals surface area contributed by atoms with Gasteiger partial charge in [-0.3, -0.25) is 9.59 Å². The van der Waals surface area contributed by atoms with Crippen molar-refractivity contribution in [3.8, 4) is 0 Å². The van der Waals surface area contributed by atoms with Crippen molar-refractivity contribution in [2.45, 2.75) is 34.2 Å². The van der Waals surface area contributed by atoms with E-state index in [4.69, 9.17) is 0 Å². The molecule has 1 heterocycles. The van der Waals surface area contributed by atoms with Crippen LogP contribution in [0, 0.1) is 27.7 Å². The number of hydrogen-bond donors (Lipinski definition) is 2. The predicted molar refractivity (Wildman–Crippen MR) is 108 cm³/mol. The highest BCUT2D eigenvalue weighted by molar-refractivity contribution is 6.04. The van der Waals surface area contributed by atoms with E-state index in [9.17, 15) is 9.59 Å². The Morgan fingerprint density at radius 2 is 1.57 bits per heavy atom. The molecule has 0 radical (unpaired) electrons. The van der Waals surface area contributed by atoms with E-state index < -0.39 is 0 Å². The van der Waals surface area contributed by atoms with Gasteiger partial charge in [0.2, 0.25) is 5.91 Å². The summed E-state index contributed by atoms with van der Waals surface area (Å²) < 4.78 is 1.42. The minimum Gasteiger partial charge on any atom is -0.324 e. The van der Waals surface area contributed by atoms with Gasteiger partial charge in [0, 0.05) is 11.4 Å². The molecular weight excluding hydrogens is 354 g/mol. The fraction of sp³-hybridized carbons (Fsp3) is 0.238. The zero-order chi connectivity index (χ0) is 20.3. The first kappa shape index (κ1) is 19.3. The lowest BCUT2D eigenvalue weighted by molar-refractivity contribution is -0.117. The number of nitrogens with one attached hydrogen (secondary N) is 2. The fourth-order valence-electron chi connectivity index (χ4n) is 2.83. The van der Waals surface area contributed by atoms with Crippen molar-refractivity contribution in [3.63, 3.8) is 0 Å². The summed E-state index contributed by atoms with van der Waals surface area (Å²) in [6.45, 7) is 7.55. The Hall–Kier alpha value is -3.48. The summed E-state index contributed by atoms with van der Waals surface area (Å²) in [6, 6.07) is 13.2. The number of anilines is 2. The molecule has 144 valence electrons. The van der Waals surface area contributed by atoms with E-state index in [0.29, 0.717) is 5.69 Å². The third kappa shape index (κ3) is 4.09. The maximum absolute atomic E-state index is 12.6. The summed E-state index contributed by atoms with van der Waals surface area (Å²) in [7, 11) is 0. The minimum atomic E-state index is -0.350. The zero-order valence-corrected chi connectivity index (χ0v) is 16.4. The number of nitrogens with zero attached hydrogens (tertiary/aromatic N) is 3. The largest absolute Gasteiger partial charge is 0.324 e. The van der Waals surface area contributed by atoms with Gasteiger partial charge in [0.15, 0.2) is 5.69 Å². The first-order valence-corrected chi connectivity index (χ1v) is 9.00. The van der Waals surface area contributed by atoms with Crippen LogP contribution in [0.4, 0.5) is 11.4 Å². The van der Waals surface area contributed by atoms with E-state index in [-0.39, 0.29) is 24.1 Å². The molecule has 0 aliphatic rings. The monoisotopic (exact) mass is 377 g/mol. The minimum absolute atomic E-state index is 0.0239. The quantitative estimate of drug-likeness (QED) is 0.713. The summed E-state index contributed by atoms with van der Waals surface area (Å²) in [5, 5.41) is 13.6. The van der Waals surface area contributed by atoms with E-state index in [1.807, 2.05) is 63.2 Å². The van der Waals surface area contributed by atoms with Crippen molar-refractivity contribution < 1.29 is 9.59 Å². The second-order valence-corrected chi connectivity index (χ2v) is 6.75. The van der Waals surface area contributed by atoms with Crippen LogP contribution in [0.25, 0.3) is 0 Å². The third-order valence-corrected chi connectivity index (χ3v) is 4.76. The van der Waals surface area contributed by atoms with Crippen LogP contribution in [-0.2, 0) is 11.3 Å². The van der Waals surface area contributed by atoms with E-state index in [1.165, 1.54) is 4.68 Å². The van der Waals surface area contributed by atoms with Crippen molar-refractivity contribution >= 4 is 23.2 Å². The summed E-state index contributed by atoms with van der Waals surface area (Å²) in [5.74, 6) is -0.583. The van der Waals surface area contributed by atoms with Crippen LogP contribution in [0.1, 0.15) is 32.9 Å². The number of para-hydroxylation sites is 1. The van der Waals surface area contributed by atoms with Gasteiger partial charge in [-0.15, -0.1) is 5.10 Å². The molecule has 0 spiro atoms. The lowest BCUT2D eigenvalue weighted by atomic mass is 10.1. The van der Waals surface area contributed by atoms with Gasteiger partial charge in [-0.1, -0.05) is 35.5 Å². The van der Waals surface area contributed by atoms with Crippen LogP contribution in [0.3, 0.4) is 0 Å². The molecule has 2 N–H and O–H groups in total. The predicted octanol–water partition coefficient (Wildman–Crippen LogP) is 3.40. The first-order chi connectivity index (χ1) is 13.4. The Morgan fingerprint density at radius 3 is 2.32 bits per heavy atom. The highest BCUT2D eigenvalue weighted by atomic mass is 16.2. The maximum Gasteiger partial charge on any atom is 0.278 e. The highest BCUT2D eigenvalue weighted by Crippen LogP contribution is 2.19. The Balaban J connectivity index is 1.71. The van der Waals surface area contributed by atoms with Gasteiger partial charge in [-0.05, 0) is 56.5 Å².